The molecule has 0 unspecified atom stereocenters. The fourth-order valence-corrected chi connectivity index (χ4v) is 1.32. The summed E-state index contributed by atoms with van der Waals surface area (Å²) in [5.74, 6) is 4.71. The van der Waals surface area contributed by atoms with E-state index in [1.807, 2.05) is 7.05 Å². The van der Waals surface area contributed by atoms with Crippen LogP contribution in [0.3, 0.4) is 0 Å². The van der Waals surface area contributed by atoms with Crippen molar-refractivity contribution in [3.8, 4) is 11.8 Å². The first kappa shape index (κ1) is 12.7. The summed E-state index contributed by atoms with van der Waals surface area (Å²) in [6.07, 6.45) is 0. The van der Waals surface area contributed by atoms with E-state index in [0.29, 0.717) is 5.56 Å². The third-order valence-electron chi connectivity index (χ3n) is 2.33. The molecule has 0 fully saturated rings. The molecule has 0 heterocycles. The van der Waals surface area contributed by atoms with Crippen molar-refractivity contribution in [2.24, 2.45) is 0 Å². The Morgan fingerprint density at radius 1 is 1.44 bits per heavy atom. The molecule has 1 N–H and O–H groups in total. The molecule has 1 aromatic carbocycles. The number of halogens is 1. The molecule has 0 atom stereocenters. The molecule has 86 valence electrons. The van der Waals surface area contributed by atoms with Crippen LogP contribution in [0, 0.1) is 17.7 Å². The number of rotatable bonds is 3. The summed E-state index contributed by atoms with van der Waals surface area (Å²) < 4.78 is 13.3. The lowest BCUT2D eigenvalue weighted by molar-refractivity contribution is 0.345. The molecular weight excluding hydrogens is 205 g/mol. The second kappa shape index (κ2) is 6.26. The molecule has 0 aliphatic rings. The Kier molecular flexibility index (Phi) is 4.97. The quantitative estimate of drug-likeness (QED) is 0.784. The minimum Gasteiger partial charge on any atom is -0.384 e. The Labute approximate surface area is 95.7 Å². The van der Waals surface area contributed by atoms with Gasteiger partial charge in [0.05, 0.1) is 5.56 Å². The molecule has 1 aromatic rings. The highest BCUT2D eigenvalue weighted by molar-refractivity contribution is 5.38. The number of aliphatic hydroxyl groups is 1. The van der Waals surface area contributed by atoms with Crippen molar-refractivity contribution in [3.63, 3.8) is 0 Å². The largest absolute Gasteiger partial charge is 0.384 e. The third-order valence-corrected chi connectivity index (χ3v) is 2.33. The molecule has 0 aliphatic heterocycles. The van der Waals surface area contributed by atoms with Gasteiger partial charge in [-0.3, -0.25) is 0 Å². The second-order valence-corrected chi connectivity index (χ2v) is 3.60. The molecule has 0 saturated heterocycles. The van der Waals surface area contributed by atoms with E-state index in [1.54, 1.807) is 12.1 Å². The third kappa shape index (κ3) is 3.65. The van der Waals surface area contributed by atoms with Gasteiger partial charge in [0.15, 0.2) is 0 Å². The molecule has 0 spiro atoms. The molecule has 0 radical (unpaired) electrons. The Bertz CT molecular complexity index is 406. The fourth-order valence-electron chi connectivity index (χ4n) is 1.32. The molecule has 1 rings (SSSR count). The molecule has 2 nitrogen and oxygen atoms in total. The van der Waals surface area contributed by atoms with Crippen LogP contribution in [0.4, 0.5) is 4.39 Å². The summed E-state index contributed by atoms with van der Waals surface area (Å²) >= 11 is 0. The van der Waals surface area contributed by atoms with Crippen LogP contribution >= 0.6 is 0 Å². The summed E-state index contributed by atoms with van der Waals surface area (Å²) in [6.45, 7) is 3.52. The van der Waals surface area contributed by atoms with Crippen molar-refractivity contribution in [1.82, 2.24) is 4.90 Å². The van der Waals surface area contributed by atoms with Crippen molar-refractivity contribution < 1.29 is 9.50 Å². The molecular formula is C13H16FNO. The van der Waals surface area contributed by atoms with Gasteiger partial charge in [0, 0.05) is 6.54 Å². The van der Waals surface area contributed by atoms with Crippen LogP contribution in [0.2, 0.25) is 0 Å². The van der Waals surface area contributed by atoms with Gasteiger partial charge >= 0.3 is 0 Å². The van der Waals surface area contributed by atoms with Gasteiger partial charge in [0.25, 0.3) is 0 Å². The van der Waals surface area contributed by atoms with Crippen LogP contribution in [0.15, 0.2) is 18.2 Å². The van der Waals surface area contributed by atoms with Gasteiger partial charge in [-0.05, 0) is 31.3 Å². The summed E-state index contributed by atoms with van der Waals surface area (Å²) in [5.41, 5.74) is 1.36. The first-order valence-corrected chi connectivity index (χ1v) is 5.24. The first-order valence-electron chi connectivity index (χ1n) is 5.24. The van der Waals surface area contributed by atoms with Crippen molar-refractivity contribution in [2.75, 3.05) is 20.2 Å². The zero-order valence-corrected chi connectivity index (χ0v) is 9.63. The number of hydrogen-bond acceptors (Lipinski definition) is 2. The van der Waals surface area contributed by atoms with Crippen molar-refractivity contribution in [3.05, 3.63) is 35.1 Å². The van der Waals surface area contributed by atoms with Crippen LogP contribution in [-0.4, -0.2) is 30.2 Å². The van der Waals surface area contributed by atoms with Gasteiger partial charge in [0.2, 0.25) is 0 Å². The zero-order valence-electron chi connectivity index (χ0n) is 9.63. The van der Waals surface area contributed by atoms with Crippen molar-refractivity contribution in [1.29, 1.82) is 0 Å². The van der Waals surface area contributed by atoms with E-state index < -0.39 is 0 Å². The minimum absolute atomic E-state index is 0.251. The van der Waals surface area contributed by atoms with Gasteiger partial charge < -0.3 is 10.0 Å². The number of aliphatic hydroxyl groups excluding tert-OH is 1. The standard InChI is InChI=1S/C13H16FNO/c1-3-15(2)10-11-6-7-13(14)12(9-11)5-4-8-16/h6-7,9,16H,3,8,10H2,1-2H3. The maximum absolute atomic E-state index is 13.3. The van der Waals surface area contributed by atoms with Crippen LogP contribution in [-0.2, 0) is 6.54 Å². The molecule has 0 aromatic heterocycles. The highest BCUT2D eigenvalue weighted by Gasteiger charge is 2.03. The van der Waals surface area contributed by atoms with Gasteiger partial charge in [0.1, 0.15) is 12.4 Å². The lowest BCUT2D eigenvalue weighted by atomic mass is 10.1. The van der Waals surface area contributed by atoms with E-state index in [9.17, 15) is 4.39 Å². The normalized spacial score (nSPS) is 10.1. The van der Waals surface area contributed by atoms with E-state index in [-0.39, 0.29) is 12.4 Å². The average Bonchev–Trinajstić information content (AvgIpc) is 2.29. The van der Waals surface area contributed by atoms with Gasteiger partial charge in [-0.2, -0.15) is 0 Å². The molecule has 16 heavy (non-hydrogen) atoms. The van der Waals surface area contributed by atoms with Gasteiger partial charge in [-0.15, -0.1) is 0 Å². The Balaban J connectivity index is 2.89. The van der Waals surface area contributed by atoms with E-state index in [4.69, 9.17) is 5.11 Å². The highest BCUT2D eigenvalue weighted by Crippen LogP contribution is 2.11. The van der Waals surface area contributed by atoms with E-state index in [1.165, 1.54) is 6.07 Å². The predicted octanol–water partition coefficient (Wildman–Crippen LogP) is 1.62. The Hall–Kier alpha value is -1.37. The second-order valence-electron chi connectivity index (χ2n) is 3.60. The van der Waals surface area contributed by atoms with Crippen LogP contribution in [0.1, 0.15) is 18.1 Å². The monoisotopic (exact) mass is 221 g/mol. The topological polar surface area (TPSA) is 23.5 Å². The van der Waals surface area contributed by atoms with Crippen molar-refractivity contribution in [2.45, 2.75) is 13.5 Å². The van der Waals surface area contributed by atoms with Crippen LogP contribution in [0.25, 0.3) is 0 Å². The van der Waals surface area contributed by atoms with E-state index >= 15 is 0 Å². The maximum Gasteiger partial charge on any atom is 0.138 e. The minimum atomic E-state index is -0.344. The summed E-state index contributed by atoms with van der Waals surface area (Å²) in [5, 5.41) is 8.57. The molecule has 3 heteroatoms. The smallest absolute Gasteiger partial charge is 0.138 e. The average molecular weight is 221 g/mol. The maximum atomic E-state index is 13.3. The predicted molar refractivity (Wildman–Crippen MR) is 62.4 cm³/mol. The molecule has 0 amide bonds. The molecule has 0 aliphatic carbocycles. The lowest BCUT2D eigenvalue weighted by Gasteiger charge is -2.13. The highest BCUT2D eigenvalue weighted by atomic mass is 19.1. The van der Waals surface area contributed by atoms with Crippen LogP contribution < -0.4 is 0 Å². The van der Waals surface area contributed by atoms with E-state index in [2.05, 4.69) is 23.7 Å². The summed E-state index contributed by atoms with van der Waals surface area (Å²) in [4.78, 5) is 2.12. The molecule has 0 bridgehead atoms. The van der Waals surface area contributed by atoms with Gasteiger partial charge in [-0.25, -0.2) is 4.39 Å². The fraction of sp³-hybridized carbons (Fsp3) is 0.385. The molecule has 0 saturated carbocycles. The number of hydrogen-bond donors (Lipinski definition) is 1. The first-order chi connectivity index (χ1) is 7.67. The van der Waals surface area contributed by atoms with Crippen LogP contribution in [0.5, 0.6) is 0 Å². The lowest BCUT2D eigenvalue weighted by Crippen LogP contribution is -2.16. The van der Waals surface area contributed by atoms with E-state index in [0.717, 1.165) is 18.7 Å². The SMILES string of the molecule is CCN(C)Cc1ccc(F)c(C#CCO)c1. The summed E-state index contributed by atoms with van der Waals surface area (Å²) in [6, 6.07) is 4.90. The Morgan fingerprint density at radius 3 is 2.81 bits per heavy atom. The summed E-state index contributed by atoms with van der Waals surface area (Å²) in [7, 11) is 2.00. The number of nitrogens with zero attached hydrogens (tertiary/aromatic N) is 1. The van der Waals surface area contributed by atoms with Crippen molar-refractivity contribution >= 4 is 0 Å². The zero-order chi connectivity index (χ0) is 12.0. The van der Waals surface area contributed by atoms with Gasteiger partial charge in [-0.1, -0.05) is 24.8 Å². The Morgan fingerprint density at radius 2 is 2.19 bits per heavy atom. The number of benzene rings is 1.